The molecule has 0 saturated carbocycles. The monoisotopic (exact) mass is 906 g/mol. The molecular weight excluding hydrogens is 845 g/mol. The molecule has 1 unspecified atom stereocenters. The number of unbranched alkanes of at least 4 members (excludes halogenated alkanes) is 2. The van der Waals surface area contributed by atoms with Crippen LogP contribution < -0.4 is 53.7 Å². The lowest BCUT2D eigenvalue weighted by molar-refractivity contribution is -0.137. The third-order valence-corrected chi connectivity index (χ3v) is 11.9. The van der Waals surface area contributed by atoms with Gasteiger partial charge in [0.25, 0.3) is 0 Å². The molecule has 3 rings (SSSR count). The Labute approximate surface area is 369 Å². The summed E-state index contributed by atoms with van der Waals surface area (Å²) >= 11 is 1.83. The van der Waals surface area contributed by atoms with Crippen LogP contribution >= 0.6 is 11.8 Å². The number of primary amides is 1. The molecule has 0 bridgehead atoms. The van der Waals surface area contributed by atoms with Gasteiger partial charge in [0.2, 0.25) is 47.3 Å². The normalized spacial score (nSPS) is 18.3. The second-order valence-electron chi connectivity index (χ2n) is 16.0. The van der Waals surface area contributed by atoms with Gasteiger partial charge in [-0.3, -0.25) is 43.6 Å². The molecule has 0 radical (unpaired) electrons. The number of thioether (sulfide) groups is 1. The highest BCUT2D eigenvalue weighted by molar-refractivity contribution is 8.00. The molecule has 22 nitrogen and oxygen atoms in total. The summed E-state index contributed by atoms with van der Waals surface area (Å²) in [5.74, 6) is -5.98. The summed E-state index contributed by atoms with van der Waals surface area (Å²) in [6.45, 7) is 1.89. The molecule has 350 valence electrons. The van der Waals surface area contributed by atoms with Gasteiger partial charge in [-0.15, -0.1) is 0 Å². The summed E-state index contributed by atoms with van der Waals surface area (Å²) in [6.07, 6.45) is 3.67. The summed E-state index contributed by atoms with van der Waals surface area (Å²) in [5.41, 5.74) is 7.42. The van der Waals surface area contributed by atoms with Gasteiger partial charge in [-0.1, -0.05) is 32.4 Å². The molecule has 2 aliphatic rings. The fourth-order valence-corrected chi connectivity index (χ4v) is 8.62. The first-order valence-electron chi connectivity index (χ1n) is 21.0. The number of benzene rings is 1. The predicted molar refractivity (Wildman–Crippen MR) is 228 cm³/mol. The number of aromatic hydroxyl groups is 1. The molecular formula is C40H62N10O12S. The van der Waals surface area contributed by atoms with Crippen molar-refractivity contribution in [2.75, 3.05) is 32.0 Å². The highest BCUT2D eigenvalue weighted by atomic mass is 32.2. The zero-order valence-corrected chi connectivity index (χ0v) is 36.4. The second-order valence-corrected chi connectivity index (χ2v) is 17.2. The third-order valence-electron chi connectivity index (χ3n) is 10.4. The van der Waals surface area contributed by atoms with Gasteiger partial charge < -0.3 is 58.5 Å². The number of hydrogen-bond acceptors (Lipinski definition) is 13. The van der Waals surface area contributed by atoms with E-state index in [0.29, 0.717) is 43.0 Å². The molecule has 0 aliphatic carbocycles. The van der Waals surface area contributed by atoms with Gasteiger partial charge in [-0.25, -0.2) is 10.3 Å². The Kier molecular flexibility index (Phi) is 21.9. The van der Waals surface area contributed by atoms with Gasteiger partial charge in [-0.2, -0.15) is 11.8 Å². The van der Waals surface area contributed by atoms with Crippen molar-refractivity contribution in [1.29, 1.82) is 0 Å². The van der Waals surface area contributed by atoms with Crippen LogP contribution in [0.25, 0.3) is 0 Å². The largest absolute Gasteiger partial charge is 0.508 e. The van der Waals surface area contributed by atoms with E-state index in [0.717, 1.165) is 18.6 Å². The first kappa shape index (κ1) is 51.7. The molecule has 14 N–H and O–H groups in total. The Morgan fingerprint density at radius 3 is 2.16 bits per heavy atom. The van der Waals surface area contributed by atoms with Crippen LogP contribution in [0.4, 0.5) is 4.79 Å². The maximum absolute atomic E-state index is 13.3. The first-order valence-corrected chi connectivity index (χ1v) is 22.0. The minimum atomic E-state index is -1.55. The Morgan fingerprint density at radius 2 is 1.49 bits per heavy atom. The van der Waals surface area contributed by atoms with E-state index in [2.05, 4.69) is 42.5 Å². The first-order chi connectivity index (χ1) is 30.0. The summed E-state index contributed by atoms with van der Waals surface area (Å²) in [6, 6.07) is 1.89. The molecule has 63 heavy (non-hydrogen) atoms. The lowest BCUT2D eigenvalue weighted by atomic mass is 9.92. The molecule has 1 aromatic carbocycles. The Balaban J connectivity index is 1.41. The SMILES string of the molecule is CC(C)CC(CC(=O)NO)C(=O)N[C@@H](CO)C(=O)N[C@@H](Cc1ccc(O)cc1)C(=O)NCC(=O)NCC(=O)N[C@@H](CCCCNC(=O)CCCC[C@@H]1SC[C@@H]2NC(=O)N[C@@H]21)C(N)=O. The zero-order chi connectivity index (χ0) is 46.5. The topological polar surface area (TPSA) is 349 Å². The van der Waals surface area contributed by atoms with Gasteiger partial charge >= 0.3 is 6.03 Å². The number of rotatable bonds is 28. The minimum Gasteiger partial charge on any atom is -0.508 e. The van der Waals surface area contributed by atoms with Crippen LogP contribution in [-0.4, -0.2) is 136 Å². The van der Waals surface area contributed by atoms with Gasteiger partial charge in [0.05, 0.1) is 31.8 Å². The van der Waals surface area contributed by atoms with Gasteiger partial charge in [0, 0.05) is 42.7 Å². The molecule has 7 atom stereocenters. The highest BCUT2D eigenvalue weighted by Gasteiger charge is 2.42. The van der Waals surface area contributed by atoms with E-state index >= 15 is 0 Å². The van der Waals surface area contributed by atoms with Crippen molar-refractivity contribution in [2.24, 2.45) is 17.6 Å². The number of carbonyl (C=O) groups excluding carboxylic acids is 9. The van der Waals surface area contributed by atoms with Crippen molar-refractivity contribution in [1.82, 2.24) is 48.0 Å². The average Bonchev–Trinajstić information content (AvgIpc) is 3.80. The van der Waals surface area contributed by atoms with E-state index in [9.17, 15) is 53.4 Å². The maximum Gasteiger partial charge on any atom is 0.315 e. The van der Waals surface area contributed by atoms with Gasteiger partial charge in [-0.05, 0) is 62.1 Å². The molecule has 10 amide bonds. The number of hydrogen-bond donors (Lipinski definition) is 13. The molecule has 0 aromatic heterocycles. The molecule has 2 fully saturated rings. The van der Waals surface area contributed by atoms with Crippen LogP contribution in [0.5, 0.6) is 5.75 Å². The fraction of sp³-hybridized carbons (Fsp3) is 0.625. The number of amides is 10. The van der Waals surface area contributed by atoms with Crippen molar-refractivity contribution in [2.45, 2.75) is 114 Å². The number of phenols is 1. The number of fused-ring (bicyclic) bond motifs is 1. The Hall–Kier alpha value is -5.68. The molecule has 2 aliphatic heterocycles. The molecule has 2 saturated heterocycles. The van der Waals surface area contributed by atoms with Crippen molar-refractivity contribution >= 4 is 65.1 Å². The maximum atomic E-state index is 13.3. The third kappa shape index (κ3) is 18.7. The summed E-state index contributed by atoms with van der Waals surface area (Å²) in [4.78, 5) is 113. The molecule has 23 heteroatoms. The average molecular weight is 907 g/mol. The van der Waals surface area contributed by atoms with Crippen molar-refractivity contribution in [3.8, 4) is 5.75 Å². The quantitative estimate of drug-likeness (QED) is 0.0182. The van der Waals surface area contributed by atoms with Crippen LogP contribution in [0.2, 0.25) is 0 Å². The van der Waals surface area contributed by atoms with Crippen molar-refractivity contribution in [3.63, 3.8) is 0 Å². The van der Waals surface area contributed by atoms with Crippen LogP contribution in [0.1, 0.15) is 77.2 Å². The van der Waals surface area contributed by atoms with E-state index < -0.39 is 91.5 Å². The summed E-state index contributed by atoms with van der Waals surface area (Å²) in [5, 5.41) is 49.6. The van der Waals surface area contributed by atoms with Crippen LogP contribution in [-0.2, 0) is 44.8 Å². The fourth-order valence-electron chi connectivity index (χ4n) is 7.08. The summed E-state index contributed by atoms with van der Waals surface area (Å²) in [7, 11) is 0. The van der Waals surface area contributed by atoms with Crippen LogP contribution in [0, 0.1) is 11.8 Å². The lowest BCUT2D eigenvalue weighted by Gasteiger charge is -2.24. The number of hydroxylamine groups is 1. The number of urea groups is 1. The molecule has 1 aromatic rings. The van der Waals surface area contributed by atoms with E-state index in [1.54, 1.807) is 13.8 Å². The number of phenolic OH excluding ortho intramolecular Hbond substituents is 1. The molecule has 2 heterocycles. The van der Waals surface area contributed by atoms with Gasteiger partial charge in [0.15, 0.2) is 0 Å². The van der Waals surface area contributed by atoms with Crippen LogP contribution in [0.3, 0.4) is 0 Å². The lowest BCUT2D eigenvalue weighted by Crippen LogP contribution is -2.57. The van der Waals surface area contributed by atoms with E-state index in [1.165, 1.54) is 29.7 Å². The van der Waals surface area contributed by atoms with Crippen molar-refractivity contribution < 1.29 is 58.6 Å². The zero-order valence-electron chi connectivity index (χ0n) is 35.5. The van der Waals surface area contributed by atoms with Gasteiger partial charge in [0.1, 0.15) is 23.9 Å². The minimum absolute atomic E-state index is 0.0468. The smallest absolute Gasteiger partial charge is 0.315 e. The number of aliphatic hydroxyl groups is 1. The summed E-state index contributed by atoms with van der Waals surface area (Å²) < 4.78 is 0. The number of nitrogens with two attached hydrogens (primary N) is 1. The van der Waals surface area contributed by atoms with E-state index in [4.69, 9.17) is 10.9 Å². The van der Waals surface area contributed by atoms with Crippen molar-refractivity contribution in [3.05, 3.63) is 29.8 Å². The molecule has 0 spiro atoms. The number of aliphatic hydroxyl groups excluding tert-OH is 1. The predicted octanol–water partition coefficient (Wildman–Crippen LogP) is -2.33. The Bertz CT molecular complexity index is 1750. The number of carbonyl (C=O) groups is 9. The highest BCUT2D eigenvalue weighted by Crippen LogP contribution is 2.33. The number of nitrogens with one attached hydrogen (secondary N) is 9. The van der Waals surface area contributed by atoms with E-state index in [1.807, 2.05) is 11.8 Å². The van der Waals surface area contributed by atoms with E-state index in [-0.39, 0.29) is 55.0 Å². The Morgan fingerprint density at radius 1 is 0.794 bits per heavy atom. The van der Waals surface area contributed by atoms with Crippen LogP contribution in [0.15, 0.2) is 24.3 Å². The second kappa shape index (κ2) is 26.7. The standard InChI is InChI=1S/C40H62N10O12S/c1-22(2)15-24(17-32(54)50-62)37(58)47-28(20-51)39(60)46-27(16-23-10-12-25(52)13-11-23)38(59)44-18-33(55)43-19-34(56)45-26(36(41)57)7-5-6-14-42-31(53)9-4-3-8-30-35-29(21-63-30)48-40(61)49-35/h10-13,22,24,26-30,35,51-52,62H,3-9,14-21H2,1-2H3,(H2,41,57)(H,42,53)(H,43,55)(H,44,59)(H,45,56)(H,46,60)(H,47,58)(H,50,54)(H2,48,49,61)/t24?,26-,27-,28-,29-,30-,35-/m0/s1.